The number of hydrogen-bond acceptors (Lipinski definition) is 2. The summed E-state index contributed by atoms with van der Waals surface area (Å²) in [6.45, 7) is 2.42. The molecule has 0 heterocycles. The molecule has 112 valence electrons. The van der Waals surface area contributed by atoms with E-state index in [-0.39, 0.29) is 5.56 Å². The summed E-state index contributed by atoms with van der Waals surface area (Å²) in [6.07, 6.45) is 0. The van der Waals surface area contributed by atoms with E-state index in [2.05, 4.69) is 5.32 Å². The van der Waals surface area contributed by atoms with Crippen molar-refractivity contribution in [2.45, 2.75) is 13.0 Å². The Balaban J connectivity index is 2.37. The van der Waals surface area contributed by atoms with E-state index in [1.807, 2.05) is 6.92 Å². The van der Waals surface area contributed by atoms with Crippen molar-refractivity contribution in [2.24, 2.45) is 0 Å². The average molecular weight is 295 g/mol. The Morgan fingerprint density at radius 3 is 2.24 bits per heavy atom. The van der Waals surface area contributed by atoms with Crippen molar-refractivity contribution in [1.82, 2.24) is 5.32 Å². The fourth-order valence-electron chi connectivity index (χ4n) is 2.19. The minimum atomic E-state index is -1.46. The van der Waals surface area contributed by atoms with E-state index in [0.717, 1.165) is 11.6 Å². The molecule has 2 rings (SSSR count). The molecule has 0 saturated carbocycles. The summed E-state index contributed by atoms with van der Waals surface area (Å²) in [5, 5.41) is 2.90. The average Bonchev–Trinajstić information content (AvgIpc) is 2.50. The molecule has 2 aromatic carbocycles. The maximum absolute atomic E-state index is 13.9. The molecule has 5 heteroatoms. The molecule has 2 aromatic rings. The summed E-state index contributed by atoms with van der Waals surface area (Å²) in [5.74, 6) is -3.14. The molecule has 1 unspecified atom stereocenters. The van der Waals surface area contributed by atoms with Gasteiger partial charge in [-0.1, -0.05) is 18.2 Å². The summed E-state index contributed by atoms with van der Waals surface area (Å²) >= 11 is 0. The van der Waals surface area contributed by atoms with Crippen molar-refractivity contribution in [3.63, 3.8) is 0 Å². The van der Waals surface area contributed by atoms with Crippen molar-refractivity contribution >= 4 is 0 Å². The van der Waals surface area contributed by atoms with Crippen LogP contribution in [0.15, 0.2) is 36.4 Å². The van der Waals surface area contributed by atoms with E-state index in [0.29, 0.717) is 12.4 Å². The third-order valence-corrected chi connectivity index (χ3v) is 3.19. The van der Waals surface area contributed by atoms with E-state index >= 15 is 0 Å². The minimum absolute atomic E-state index is 0.0561. The number of halogens is 3. The molecular formula is C16H16F3NO. The Morgan fingerprint density at radius 1 is 1.00 bits per heavy atom. The monoisotopic (exact) mass is 295 g/mol. The number of rotatable bonds is 5. The van der Waals surface area contributed by atoms with Gasteiger partial charge in [-0.15, -0.1) is 0 Å². The van der Waals surface area contributed by atoms with Crippen LogP contribution >= 0.6 is 0 Å². The van der Waals surface area contributed by atoms with Crippen LogP contribution in [0.5, 0.6) is 5.75 Å². The molecule has 2 nitrogen and oxygen atoms in total. The zero-order valence-corrected chi connectivity index (χ0v) is 11.8. The molecule has 0 aliphatic heterocycles. The standard InChI is InChI=1S/C16H16F3NO/c1-3-21-11-6-4-10(5-7-11)16(20-2)12-8-9-13(17)15(19)14(12)18/h4-9,16,20H,3H2,1-2H3. The number of hydrogen-bond donors (Lipinski definition) is 1. The molecule has 0 aromatic heterocycles. The SMILES string of the molecule is CCOc1ccc(C(NC)c2ccc(F)c(F)c2F)cc1. The second-order valence-electron chi connectivity index (χ2n) is 4.49. The van der Waals surface area contributed by atoms with Crippen molar-refractivity contribution in [2.75, 3.05) is 13.7 Å². The smallest absolute Gasteiger partial charge is 0.194 e. The largest absolute Gasteiger partial charge is 0.494 e. The highest BCUT2D eigenvalue weighted by Gasteiger charge is 2.21. The van der Waals surface area contributed by atoms with Crippen LogP contribution in [0.1, 0.15) is 24.1 Å². The molecule has 0 spiro atoms. The van der Waals surface area contributed by atoms with Crippen LogP contribution < -0.4 is 10.1 Å². The Hall–Kier alpha value is -2.01. The van der Waals surface area contributed by atoms with Crippen LogP contribution in [0, 0.1) is 17.5 Å². The van der Waals surface area contributed by atoms with Gasteiger partial charge < -0.3 is 10.1 Å². The van der Waals surface area contributed by atoms with E-state index in [1.54, 1.807) is 31.3 Å². The number of ether oxygens (including phenoxy) is 1. The fraction of sp³-hybridized carbons (Fsp3) is 0.250. The van der Waals surface area contributed by atoms with Crippen LogP contribution in [0.4, 0.5) is 13.2 Å². The minimum Gasteiger partial charge on any atom is -0.494 e. The van der Waals surface area contributed by atoms with E-state index in [4.69, 9.17) is 4.74 Å². The molecule has 0 radical (unpaired) electrons. The summed E-state index contributed by atoms with van der Waals surface area (Å²) < 4.78 is 45.6. The van der Waals surface area contributed by atoms with E-state index in [9.17, 15) is 13.2 Å². The Morgan fingerprint density at radius 2 is 1.67 bits per heavy atom. The lowest BCUT2D eigenvalue weighted by molar-refractivity contribution is 0.340. The molecule has 0 fully saturated rings. The lowest BCUT2D eigenvalue weighted by Gasteiger charge is -2.18. The predicted molar refractivity (Wildman–Crippen MR) is 74.8 cm³/mol. The first-order chi connectivity index (χ1) is 10.1. The second-order valence-corrected chi connectivity index (χ2v) is 4.49. The molecule has 0 aliphatic rings. The number of benzene rings is 2. The highest BCUT2D eigenvalue weighted by atomic mass is 19.2. The van der Waals surface area contributed by atoms with Gasteiger partial charge >= 0.3 is 0 Å². The summed E-state index contributed by atoms with van der Waals surface area (Å²) in [5.41, 5.74) is 0.784. The van der Waals surface area contributed by atoms with Gasteiger partial charge in [0, 0.05) is 5.56 Å². The second kappa shape index (κ2) is 6.63. The predicted octanol–water partition coefficient (Wildman–Crippen LogP) is 3.81. The summed E-state index contributed by atoms with van der Waals surface area (Å²) in [4.78, 5) is 0. The highest BCUT2D eigenvalue weighted by molar-refractivity contribution is 5.36. The maximum atomic E-state index is 13.9. The van der Waals surface area contributed by atoms with Crippen LogP contribution in [0.25, 0.3) is 0 Å². The third-order valence-electron chi connectivity index (χ3n) is 3.19. The van der Waals surface area contributed by atoms with Gasteiger partial charge in [-0.05, 0) is 37.7 Å². The van der Waals surface area contributed by atoms with Crippen molar-refractivity contribution in [1.29, 1.82) is 0 Å². The van der Waals surface area contributed by atoms with Gasteiger partial charge in [-0.3, -0.25) is 0 Å². The first-order valence-corrected chi connectivity index (χ1v) is 6.61. The van der Waals surface area contributed by atoms with Gasteiger partial charge in [0.15, 0.2) is 17.5 Å². The molecule has 1 N–H and O–H groups in total. The molecule has 0 saturated heterocycles. The molecule has 1 atom stereocenters. The van der Waals surface area contributed by atoms with Crippen LogP contribution in [0.3, 0.4) is 0 Å². The van der Waals surface area contributed by atoms with Crippen molar-refractivity contribution < 1.29 is 17.9 Å². The molecule has 0 aliphatic carbocycles. The molecule has 21 heavy (non-hydrogen) atoms. The first-order valence-electron chi connectivity index (χ1n) is 6.61. The van der Waals surface area contributed by atoms with Gasteiger partial charge in [0.25, 0.3) is 0 Å². The topological polar surface area (TPSA) is 21.3 Å². The van der Waals surface area contributed by atoms with E-state index < -0.39 is 23.5 Å². The van der Waals surface area contributed by atoms with Crippen LogP contribution in [-0.4, -0.2) is 13.7 Å². The Kier molecular flexibility index (Phi) is 4.85. The Labute approximate surface area is 121 Å². The highest BCUT2D eigenvalue weighted by Crippen LogP contribution is 2.27. The number of nitrogens with one attached hydrogen (secondary N) is 1. The molecule has 0 bridgehead atoms. The van der Waals surface area contributed by atoms with Gasteiger partial charge in [-0.25, -0.2) is 13.2 Å². The summed E-state index contributed by atoms with van der Waals surface area (Å²) in [6, 6.07) is 8.61. The normalized spacial score (nSPS) is 12.2. The van der Waals surface area contributed by atoms with Gasteiger partial charge in [-0.2, -0.15) is 0 Å². The van der Waals surface area contributed by atoms with Crippen molar-refractivity contribution in [3.05, 3.63) is 65.0 Å². The zero-order valence-electron chi connectivity index (χ0n) is 11.8. The van der Waals surface area contributed by atoms with Crippen LogP contribution in [-0.2, 0) is 0 Å². The van der Waals surface area contributed by atoms with Crippen LogP contribution in [0.2, 0.25) is 0 Å². The lowest BCUT2D eigenvalue weighted by Crippen LogP contribution is -2.19. The van der Waals surface area contributed by atoms with Gasteiger partial charge in [0.05, 0.1) is 12.6 Å². The van der Waals surface area contributed by atoms with Gasteiger partial charge in [0.2, 0.25) is 0 Å². The molecular weight excluding hydrogens is 279 g/mol. The Bertz CT molecular complexity index is 614. The summed E-state index contributed by atoms with van der Waals surface area (Å²) in [7, 11) is 1.63. The fourth-order valence-corrected chi connectivity index (χ4v) is 2.19. The van der Waals surface area contributed by atoms with Gasteiger partial charge in [0.1, 0.15) is 5.75 Å². The third kappa shape index (κ3) is 3.19. The van der Waals surface area contributed by atoms with Crippen molar-refractivity contribution in [3.8, 4) is 5.75 Å². The zero-order chi connectivity index (χ0) is 15.4. The molecule has 0 amide bonds. The van der Waals surface area contributed by atoms with E-state index in [1.165, 1.54) is 6.07 Å². The lowest BCUT2D eigenvalue weighted by atomic mass is 9.98. The quantitative estimate of drug-likeness (QED) is 0.847. The maximum Gasteiger partial charge on any atom is 0.194 e. The first kappa shape index (κ1) is 15.4.